The van der Waals surface area contributed by atoms with Crippen LogP contribution in [0.2, 0.25) is 5.02 Å². The van der Waals surface area contributed by atoms with Crippen LogP contribution >= 0.6 is 24.0 Å². The van der Waals surface area contributed by atoms with Gasteiger partial charge in [-0.1, -0.05) is 11.6 Å². The van der Waals surface area contributed by atoms with Gasteiger partial charge in [0.25, 0.3) is 0 Å². The third kappa shape index (κ3) is 4.07. The molecule has 1 saturated heterocycles. The first kappa shape index (κ1) is 14.1. The number of carbonyl (C=O) groups is 1. The summed E-state index contributed by atoms with van der Waals surface area (Å²) in [6.45, 7) is 3.00. The third-order valence-electron chi connectivity index (χ3n) is 2.39. The summed E-state index contributed by atoms with van der Waals surface area (Å²) in [4.78, 5) is 13.4. The molecule has 0 aromatic heterocycles. The number of benzene rings is 1. The van der Waals surface area contributed by atoms with E-state index in [9.17, 15) is 4.79 Å². The maximum Gasteiger partial charge on any atom is 0.415 e. The second kappa shape index (κ2) is 6.69. The van der Waals surface area contributed by atoms with Crippen molar-refractivity contribution in [2.24, 2.45) is 0 Å². The van der Waals surface area contributed by atoms with E-state index in [1.165, 1.54) is 0 Å². The van der Waals surface area contributed by atoms with Crippen LogP contribution in [-0.2, 0) is 0 Å². The Kier molecular flexibility index (Phi) is 5.55. The van der Waals surface area contributed by atoms with Gasteiger partial charge >= 0.3 is 6.09 Å². The van der Waals surface area contributed by atoms with Crippen molar-refractivity contribution in [3.8, 4) is 5.75 Å². The number of rotatable bonds is 1. The molecule has 0 atom stereocenters. The van der Waals surface area contributed by atoms with Gasteiger partial charge in [-0.05, 0) is 24.3 Å². The van der Waals surface area contributed by atoms with Crippen LogP contribution in [0.25, 0.3) is 0 Å². The summed E-state index contributed by atoms with van der Waals surface area (Å²) in [5.74, 6) is 0.521. The molecule has 1 aliphatic heterocycles. The molecule has 0 radical (unpaired) electrons. The number of carbonyl (C=O) groups excluding carboxylic acids is 1. The lowest BCUT2D eigenvalue weighted by Crippen LogP contribution is -2.47. The van der Waals surface area contributed by atoms with Gasteiger partial charge in [0.05, 0.1) is 0 Å². The number of amides is 1. The van der Waals surface area contributed by atoms with E-state index < -0.39 is 0 Å². The fourth-order valence-electron chi connectivity index (χ4n) is 1.52. The predicted molar refractivity (Wildman–Crippen MR) is 69.2 cm³/mol. The summed E-state index contributed by atoms with van der Waals surface area (Å²) in [5.41, 5.74) is 0. The van der Waals surface area contributed by atoms with Gasteiger partial charge in [0.1, 0.15) is 5.75 Å². The van der Waals surface area contributed by atoms with Gasteiger partial charge in [-0.15, -0.1) is 12.4 Å². The van der Waals surface area contributed by atoms with Crippen LogP contribution < -0.4 is 10.1 Å². The third-order valence-corrected chi connectivity index (χ3v) is 2.65. The number of hydrogen-bond donors (Lipinski definition) is 1. The summed E-state index contributed by atoms with van der Waals surface area (Å²) < 4.78 is 5.21. The van der Waals surface area contributed by atoms with Crippen molar-refractivity contribution in [3.63, 3.8) is 0 Å². The average molecular weight is 277 g/mol. The molecule has 6 heteroatoms. The minimum absolute atomic E-state index is 0. The fourth-order valence-corrected chi connectivity index (χ4v) is 1.64. The van der Waals surface area contributed by atoms with E-state index in [4.69, 9.17) is 16.3 Å². The topological polar surface area (TPSA) is 41.6 Å². The van der Waals surface area contributed by atoms with Gasteiger partial charge in [0.2, 0.25) is 0 Å². The number of piperazine rings is 1. The first-order valence-corrected chi connectivity index (χ1v) is 5.56. The fraction of sp³-hybridized carbons (Fsp3) is 0.364. The first-order valence-electron chi connectivity index (χ1n) is 5.19. The number of nitrogens with one attached hydrogen (secondary N) is 1. The Morgan fingerprint density at radius 2 is 1.82 bits per heavy atom. The van der Waals surface area contributed by atoms with Gasteiger partial charge in [0.15, 0.2) is 0 Å². The maximum atomic E-state index is 11.7. The molecule has 1 N–H and O–H groups in total. The maximum absolute atomic E-state index is 11.7. The first-order chi connectivity index (χ1) is 7.75. The van der Waals surface area contributed by atoms with Gasteiger partial charge in [0, 0.05) is 31.2 Å². The van der Waals surface area contributed by atoms with E-state index in [0.29, 0.717) is 23.9 Å². The molecule has 1 heterocycles. The SMILES string of the molecule is Cl.O=C(Oc1ccc(Cl)cc1)N1CCNCC1. The van der Waals surface area contributed by atoms with Crippen LogP contribution in [0.5, 0.6) is 5.75 Å². The Balaban J connectivity index is 0.00000144. The second-order valence-corrected chi connectivity index (χ2v) is 4.00. The molecule has 1 amide bonds. The zero-order valence-electron chi connectivity index (χ0n) is 9.19. The average Bonchev–Trinajstić information content (AvgIpc) is 2.33. The minimum Gasteiger partial charge on any atom is -0.410 e. The van der Waals surface area contributed by atoms with Crippen molar-refractivity contribution in [1.82, 2.24) is 10.2 Å². The van der Waals surface area contributed by atoms with Crippen molar-refractivity contribution < 1.29 is 9.53 Å². The number of ether oxygens (including phenoxy) is 1. The summed E-state index contributed by atoms with van der Waals surface area (Å²) in [6, 6.07) is 6.76. The van der Waals surface area contributed by atoms with E-state index in [1.807, 2.05) is 0 Å². The molecular formula is C11H14Cl2N2O2. The second-order valence-electron chi connectivity index (χ2n) is 3.56. The number of nitrogens with zero attached hydrogens (tertiary/aromatic N) is 1. The van der Waals surface area contributed by atoms with E-state index >= 15 is 0 Å². The zero-order valence-corrected chi connectivity index (χ0v) is 10.8. The highest BCUT2D eigenvalue weighted by molar-refractivity contribution is 6.30. The largest absolute Gasteiger partial charge is 0.415 e. The summed E-state index contributed by atoms with van der Waals surface area (Å²) in [5, 5.41) is 3.80. The lowest BCUT2D eigenvalue weighted by Gasteiger charge is -2.26. The molecular weight excluding hydrogens is 263 g/mol. The van der Waals surface area contributed by atoms with Gasteiger partial charge in [-0.2, -0.15) is 0 Å². The normalized spacial score (nSPS) is 15.0. The Morgan fingerprint density at radius 3 is 2.41 bits per heavy atom. The number of hydrogen-bond acceptors (Lipinski definition) is 3. The van der Waals surface area contributed by atoms with E-state index in [1.54, 1.807) is 29.2 Å². The Labute approximate surface area is 111 Å². The van der Waals surface area contributed by atoms with Crippen LogP contribution in [0.3, 0.4) is 0 Å². The Morgan fingerprint density at radius 1 is 1.24 bits per heavy atom. The Hall–Kier alpha value is -0.970. The molecule has 0 saturated carbocycles. The molecule has 1 fully saturated rings. The summed E-state index contributed by atoms with van der Waals surface area (Å²) >= 11 is 5.74. The van der Waals surface area contributed by atoms with Crippen LogP contribution in [0.15, 0.2) is 24.3 Å². The molecule has 1 aromatic carbocycles. The molecule has 0 unspecified atom stereocenters. The molecule has 4 nitrogen and oxygen atoms in total. The predicted octanol–water partition coefficient (Wildman–Crippen LogP) is 2.17. The molecule has 17 heavy (non-hydrogen) atoms. The lowest BCUT2D eigenvalue weighted by atomic mass is 10.3. The summed E-state index contributed by atoms with van der Waals surface area (Å²) in [6.07, 6.45) is -0.302. The van der Waals surface area contributed by atoms with Crippen molar-refractivity contribution in [3.05, 3.63) is 29.3 Å². The highest BCUT2D eigenvalue weighted by Crippen LogP contribution is 2.16. The monoisotopic (exact) mass is 276 g/mol. The molecule has 0 aliphatic carbocycles. The van der Waals surface area contributed by atoms with Crippen LogP contribution in [0.1, 0.15) is 0 Å². The van der Waals surface area contributed by atoms with Gasteiger partial charge in [-0.3, -0.25) is 0 Å². The lowest BCUT2D eigenvalue weighted by molar-refractivity contribution is 0.146. The quantitative estimate of drug-likeness (QED) is 0.855. The Bertz CT molecular complexity index is 364. The van der Waals surface area contributed by atoms with E-state index in [2.05, 4.69) is 5.32 Å². The molecule has 0 bridgehead atoms. The van der Waals surface area contributed by atoms with Gasteiger partial charge in [-0.25, -0.2) is 4.79 Å². The zero-order chi connectivity index (χ0) is 11.4. The highest BCUT2D eigenvalue weighted by atomic mass is 35.5. The highest BCUT2D eigenvalue weighted by Gasteiger charge is 2.17. The van der Waals surface area contributed by atoms with Crippen molar-refractivity contribution >= 4 is 30.1 Å². The van der Waals surface area contributed by atoms with Crippen molar-refractivity contribution in [2.45, 2.75) is 0 Å². The van der Waals surface area contributed by atoms with Crippen LogP contribution in [0, 0.1) is 0 Å². The standard InChI is InChI=1S/C11H13ClN2O2.ClH/c12-9-1-3-10(4-2-9)16-11(15)14-7-5-13-6-8-14;/h1-4,13H,5-8H2;1H. The number of halogens is 2. The molecule has 0 spiro atoms. The molecule has 2 rings (SSSR count). The van der Waals surface area contributed by atoms with Crippen molar-refractivity contribution in [1.29, 1.82) is 0 Å². The smallest absolute Gasteiger partial charge is 0.410 e. The van der Waals surface area contributed by atoms with E-state index in [-0.39, 0.29) is 18.5 Å². The van der Waals surface area contributed by atoms with Crippen LogP contribution in [0.4, 0.5) is 4.79 Å². The van der Waals surface area contributed by atoms with Gasteiger partial charge < -0.3 is 15.0 Å². The van der Waals surface area contributed by atoms with Crippen molar-refractivity contribution in [2.75, 3.05) is 26.2 Å². The minimum atomic E-state index is -0.302. The van der Waals surface area contributed by atoms with E-state index in [0.717, 1.165) is 13.1 Å². The molecule has 1 aliphatic rings. The molecule has 1 aromatic rings. The summed E-state index contributed by atoms with van der Waals surface area (Å²) in [7, 11) is 0. The van der Waals surface area contributed by atoms with Crippen LogP contribution in [-0.4, -0.2) is 37.2 Å². The molecule has 94 valence electrons.